The van der Waals surface area contributed by atoms with E-state index in [0.717, 1.165) is 5.56 Å². The van der Waals surface area contributed by atoms with E-state index in [9.17, 15) is 4.79 Å². The van der Waals surface area contributed by atoms with Crippen LogP contribution in [0.3, 0.4) is 0 Å². The van der Waals surface area contributed by atoms with Crippen LogP contribution in [0.15, 0.2) is 12.3 Å². The fourth-order valence-electron chi connectivity index (χ4n) is 1.12. The van der Waals surface area contributed by atoms with Crippen molar-refractivity contribution in [3.8, 4) is 0 Å². The van der Waals surface area contributed by atoms with Gasteiger partial charge < -0.3 is 10.5 Å². The third kappa shape index (κ3) is 2.02. The Morgan fingerprint density at radius 1 is 1.64 bits per heavy atom. The van der Waals surface area contributed by atoms with Gasteiger partial charge in [0.1, 0.15) is 0 Å². The maximum Gasteiger partial charge on any atom is 0.314 e. The summed E-state index contributed by atoms with van der Waals surface area (Å²) in [4.78, 5) is 15.3. The highest BCUT2D eigenvalue weighted by Gasteiger charge is 2.17. The van der Waals surface area contributed by atoms with Crippen molar-refractivity contribution in [3.63, 3.8) is 0 Å². The standard InChI is InChI=1S/C10H14N2O2/c1-6-4-9(12-5-8(6)11)7(2)10(13)14-3/h4-5,7H,11H2,1-3H3. The van der Waals surface area contributed by atoms with Crippen LogP contribution in [0, 0.1) is 6.92 Å². The Bertz CT molecular complexity index is 350. The number of hydrogen-bond donors (Lipinski definition) is 1. The number of nitrogens with two attached hydrogens (primary N) is 1. The fraction of sp³-hybridized carbons (Fsp3) is 0.400. The Morgan fingerprint density at radius 2 is 2.29 bits per heavy atom. The molecule has 4 nitrogen and oxygen atoms in total. The molecule has 1 unspecified atom stereocenters. The van der Waals surface area contributed by atoms with E-state index in [1.807, 2.05) is 6.92 Å². The molecule has 0 radical (unpaired) electrons. The van der Waals surface area contributed by atoms with E-state index in [4.69, 9.17) is 5.73 Å². The molecule has 0 saturated carbocycles. The first-order chi connectivity index (χ1) is 6.56. The van der Waals surface area contributed by atoms with Crippen LogP contribution in [-0.4, -0.2) is 18.1 Å². The minimum atomic E-state index is -0.348. The SMILES string of the molecule is COC(=O)C(C)c1cc(C)c(N)cn1. The van der Waals surface area contributed by atoms with Gasteiger partial charge in [0.2, 0.25) is 0 Å². The van der Waals surface area contributed by atoms with Gasteiger partial charge in [0.15, 0.2) is 0 Å². The number of esters is 1. The second kappa shape index (κ2) is 4.09. The van der Waals surface area contributed by atoms with Gasteiger partial charge in [0.05, 0.1) is 30.6 Å². The molecule has 0 amide bonds. The van der Waals surface area contributed by atoms with Crippen molar-refractivity contribution < 1.29 is 9.53 Å². The zero-order valence-corrected chi connectivity index (χ0v) is 8.57. The van der Waals surface area contributed by atoms with Crippen molar-refractivity contribution in [2.45, 2.75) is 19.8 Å². The fourth-order valence-corrected chi connectivity index (χ4v) is 1.12. The highest BCUT2D eigenvalue weighted by Crippen LogP contribution is 2.18. The second-order valence-corrected chi connectivity index (χ2v) is 3.21. The molecular weight excluding hydrogens is 180 g/mol. The highest BCUT2D eigenvalue weighted by molar-refractivity contribution is 5.77. The van der Waals surface area contributed by atoms with Crippen LogP contribution in [-0.2, 0) is 9.53 Å². The number of carbonyl (C=O) groups is 1. The van der Waals surface area contributed by atoms with Crippen LogP contribution >= 0.6 is 0 Å². The predicted octanol–water partition coefficient (Wildman–Crippen LogP) is 1.25. The number of hydrogen-bond acceptors (Lipinski definition) is 4. The maximum absolute atomic E-state index is 11.2. The maximum atomic E-state index is 11.2. The van der Waals surface area contributed by atoms with Crippen molar-refractivity contribution >= 4 is 11.7 Å². The Morgan fingerprint density at radius 3 is 2.79 bits per heavy atom. The molecule has 0 aliphatic carbocycles. The predicted molar refractivity (Wildman–Crippen MR) is 53.8 cm³/mol. The third-order valence-electron chi connectivity index (χ3n) is 2.17. The summed E-state index contributed by atoms with van der Waals surface area (Å²) in [5.74, 6) is -0.638. The van der Waals surface area contributed by atoms with E-state index >= 15 is 0 Å². The lowest BCUT2D eigenvalue weighted by molar-refractivity contribution is -0.142. The zero-order valence-electron chi connectivity index (χ0n) is 8.57. The van der Waals surface area contributed by atoms with Crippen LogP contribution < -0.4 is 5.73 Å². The van der Waals surface area contributed by atoms with Crippen molar-refractivity contribution in [1.82, 2.24) is 4.98 Å². The Kier molecular flexibility index (Phi) is 3.06. The molecule has 1 aromatic heterocycles. The molecule has 1 rings (SSSR count). The summed E-state index contributed by atoms with van der Waals surface area (Å²) in [6.45, 7) is 3.63. The smallest absolute Gasteiger partial charge is 0.314 e. The molecule has 0 saturated heterocycles. The molecule has 0 aromatic carbocycles. The molecule has 76 valence electrons. The largest absolute Gasteiger partial charge is 0.469 e. The summed E-state index contributed by atoms with van der Waals surface area (Å²) in [6.07, 6.45) is 1.56. The zero-order chi connectivity index (χ0) is 10.7. The van der Waals surface area contributed by atoms with Crippen molar-refractivity contribution in [3.05, 3.63) is 23.5 Å². The average Bonchev–Trinajstić information content (AvgIpc) is 2.20. The number of anilines is 1. The Balaban J connectivity index is 2.96. The lowest BCUT2D eigenvalue weighted by Crippen LogP contribution is -2.12. The van der Waals surface area contributed by atoms with E-state index in [1.165, 1.54) is 7.11 Å². The summed E-state index contributed by atoms with van der Waals surface area (Å²) < 4.78 is 4.63. The van der Waals surface area contributed by atoms with Gasteiger partial charge >= 0.3 is 5.97 Å². The van der Waals surface area contributed by atoms with E-state index < -0.39 is 0 Å². The van der Waals surface area contributed by atoms with Gasteiger partial charge in [-0.05, 0) is 25.5 Å². The Labute approximate surface area is 83.1 Å². The van der Waals surface area contributed by atoms with E-state index in [0.29, 0.717) is 11.4 Å². The third-order valence-corrected chi connectivity index (χ3v) is 2.17. The minimum Gasteiger partial charge on any atom is -0.469 e. The van der Waals surface area contributed by atoms with Gasteiger partial charge in [-0.2, -0.15) is 0 Å². The van der Waals surface area contributed by atoms with Crippen LogP contribution in [0.4, 0.5) is 5.69 Å². The number of aryl methyl sites for hydroxylation is 1. The quantitative estimate of drug-likeness (QED) is 0.719. The first kappa shape index (κ1) is 10.5. The summed E-state index contributed by atoms with van der Waals surface area (Å²) in [5, 5.41) is 0. The number of nitrogen functional groups attached to an aromatic ring is 1. The molecule has 0 fully saturated rings. The number of nitrogens with zero attached hydrogens (tertiary/aromatic N) is 1. The lowest BCUT2D eigenvalue weighted by atomic mass is 10.1. The van der Waals surface area contributed by atoms with Crippen LogP contribution in [0.25, 0.3) is 0 Å². The number of pyridine rings is 1. The first-order valence-corrected chi connectivity index (χ1v) is 4.36. The number of ether oxygens (including phenoxy) is 1. The van der Waals surface area contributed by atoms with E-state index in [-0.39, 0.29) is 11.9 Å². The molecule has 2 N–H and O–H groups in total. The highest BCUT2D eigenvalue weighted by atomic mass is 16.5. The number of rotatable bonds is 2. The van der Waals surface area contributed by atoms with Gasteiger partial charge in [-0.15, -0.1) is 0 Å². The second-order valence-electron chi connectivity index (χ2n) is 3.21. The molecule has 0 aliphatic heterocycles. The number of methoxy groups -OCH3 is 1. The number of carbonyl (C=O) groups excluding carboxylic acids is 1. The lowest BCUT2D eigenvalue weighted by Gasteiger charge is -2.09. The van der Waals surface area contributed by atoms with Gasteiger partial charge in [0.25, 0.3) is 0 Å². The minimum absolute atomic E-state index is 0.290. The molecule has 4 heteroatoms. The van der Waals surface area contributed by atoms with Crippen LogP contribution in [0.1, 0.15) is 24.1 Å². The van der Waals surface area contributed by atoms with Crippen LogP contribution in [0.5, 0.6) is 0 Å². The molecule has 1 atom stereocenters. The average molecular weight is 194 g/mol. The molecule has 14 heavy (non-hydrogen) atoms. The van der Waals surface area contributed by atoms with Crippen molar-refractivity contribution in [2.24, 2.45) is 0 Å². The van der Waals surface area contributed by atoms with Crippen LogP contribution in [0.2, 0.25) is 0 Å². The monoisotopic (exact) mass is 194 g/mol. The molecule has 1 aromatic rings. The van der Waals surface area contributed by atoms with Crippen molar-refractivity contribution in [2.75, 3.05) is 12.8 Å². The van der Waals surface area contributed by atoms with E-state index in [1.54, 1.807) is 19.2 Å². The Hall–Kier alpha value is -1.58. The van der Waals surface area contributed by atoms with E-state index in [2.05, 4.69) is 9.72 Å². The van der Waals surface area contributed by atoms with Gasteiger partial charge in [-0.25, -0.2) is 0 Å². The topological polar surface area (TPSA) is 65.2 Å². The summed E-state index contributed by atoms with van der Waals surface area (Å²) in [6, 6.07) is 1.80. The summed E-state index contributed by atoms with van der Waals surface area (Å²) in [7, 11) is 1.36. The van der Waals surface area contributed by atoms with Gasteiger partial charge in [0, 0.05) is 0 Å². The summed E-state index contributed by atoms with van der Waals surface area (Å²) >= 11 is 0. The summed E-state index contributed by atoms with van der Waals surface area (Å²) in [5.41, 5.74) is 7.86. The molecule has 1 heterocycles. The van der Waals surface area contributed by atoms with Gasteiger partial charge in [-0.1, -0.05) is 0 Å². The normalized spacial score (nSPS) is 12.2. The first-order valence-electron chi connectivity index (χ1n) is 4.36. The number of aromatic nitrogens is 1. The van der Waals surface area contributed by atoms with Crippen molar-refractivity contribution in [1.29, 1.82) is 0 Å². The molecule has 0 spiro atoms. The van der Waals surface area contributed by atoms with Gasteiger partial charge in [-0.3, -0.25) is 9.78 Å². The molecule has 0 aliphatic rings. The molecule has 0 bridgehead atoms. The molecular formula is C10H14N2O2.